The number of carboxylic acid groups (broad SMARTS) is 1. The first-order valence-corrected chi connectivity index (χ1v) is 5.40. The van der Waals surface area contributed by atoms with E-state index < -0.39 is 11.9 Å². The highest BCUT2D eigenvalue weighted by molar-refractivity contribution is 5.82. The van der Waals surface area contributed by atoms with Crippen LogP contribution in [0, 0.1) is 0 Å². The van der Waals surface area contributed by atoms with Gasteiger partial charge in [0.25, 0.3) is 0 Å². The van der Waals surface area contributed by atoms with Crippen LogP contribution in [-0.2, 0) is 4.79 Å². The van der Waals surface area contributed by atoms with Crippen molar-refractivity contribution in [2.24, 2.45) is 0 Å². The number of fused-ring (bicyclic) bond motifs is 1. The number of hydrogen-bond acceptors (Lipinski definition) is 4. The molecule has 0 aromatic heterocycles. The normalized spacial score (nSPS) is 17.9. The van der Waals surface area contributed by atoms with E-state index in [1.165, 1.54) is 0 Å². The second-order valence-corrected chi connectivity index (χ2v) is 3.90. The van der Waals surface area contributed by atoms with Gasteiger partial charge in [-0.15, -0.1) is 0 Å². The maximum Gasteiger partial charge on any atom is 0.311 e. The average Bonchev–Trinajstić information content (AvgIpc) is 2.36. The highest BCUT2D eigenvalue weighted by Crippen LogP contribution is 2.41. The van der Waals surface area contributed by atoms with E-state index in [0.29, 0.717) is 24.5 Å². The van der Waals surface area contributed by atoms with Crippen LogP contribution in [0.3, 0.4) is 0 Å². The summed E-state index contributed by atoms with van der Waals surface area (Å²) in [5, 5.41) is 12.4. The van der Waals surface area contributed by atoms with E-state index in [0.717, 1.165) is 11.3 Å². The second kappa shape index (κ2) is 4.53. The van der Waals surface area contributed by atoms with Gasteiger partial charge in [0, 0.05) is 12.6 Å². The van der Waals surface area contributed by atoms with Crippen LogP contribution in [0.4, 0.5) is 5.69 Å². The third-order valence-corrected chi connectivity index (χ3v) is 2.97. The van der Waals surface area contributed by atoms with Crippen molar-refractivity contribution < 1.29 is 19.4 Å². The van der Waals surface area contributed by atoms with Crippen molar-refractivity contribution in [3.63, 3.8) is 0 Å². The van der Waals surface area contributed by atoms with Gasteiger partial charge in [-0.2, -0.15) is 0 Å². The fourth-order valence-corrected chi connectivity index (χ4v) is 2.11. The third-order valence-electron chi connectivity index (χ3n) is 2.97. The van der Waals surface area contributed by atoms with E-state index in [1.807, 2.05) is 0 Å². The maximum absolute atomic E-state index is 11.2. The Kier molecular flexibility index (Phi) is 3.08. The summed E-state index contributed by atoms with van der Waals surface area (Å²) in [6.07, 6.45) is 0.568. The third kappa shape index (κ3) is 2.00. The molecule has 17 heavy (non-hydrogen) atoms. The molecule has 2 N–H and O–H groups in total. The summed E-state index contributed by atoms with van der Waals surface area (Å²) in [5.41, 5.74) is 1.48. The lowest BCUT2D eigenvalue weighted by molar-refractivity contribution is -0.138. The van der Waals surface area contributed by atoms with E-state index in [-0.39, 0.29) is 0 Å². The van der Waals surface area contributed by atoms with Gasteiger partial charge in [0.2, 0.25) is 0 Å². The van der Waals surface area contributed by atoms with Crippen LogP contribution in [0.25, 0.3) is 0 Å². The molecule has 1 aromatic rings. The summed E-state index contributed by atoms with van der Waals surface area (Å²) in [6, 6.07) is 3.50. The van der Waals surface area contributed by atoms with Crippen LogP contribution < -0.4 is 14.8 Å². The Labute approximate surface area is 99.3 Å². The molecule has 5 nitrogen and oxygen atoms in total. The number of methoxy groups -OCH3 is 2. The average molecular weight is 237 g/mol. The van der Waals surface area contributed by atoms with Gasteiger partial charge in [-0.25, -0.2) is 0 Å². The Morgan fingerprint density at radius 3 is 2.76 bits per heavy atom. The smallest absolute Gasteiger partial charge is 0.311 e. The van der Waals surface area contributed by atoms with Crippen LogP contribution in [0.15, 0.2) is 12.1 Å². The fraction of sp³-hybridized carbons (Fsp3) is 0.417. The van der Waals surface area contributed by atoms with Crippen LogP contribution in [-0.4, -0.2) is 31.8 Å². The number of hydrogen-bond donors (Lipinski definition) is 2. The summed E-state index contributed by atoms with van der Waals surface area (Å²) >= 11 is 0. The van der Waals surface area contributed by atoms with Gasteiger partial charge in [0.1, 0.15) is 11.5 Å². The first-order chi connectivity index (χ1) is 8.17. The van der Waals surface area contributed by atoms with E-state index in [9.17, 15) is 9.90 Å². The molecule has 2 rings (SSSR count). The molecular formula is C12H15NO4. The first kappa shape index (κ1) is 11.6. The topological polar surface area (TPSA) is 67.8 Å². The monoisotopic (exact) mass is 237 g/mol. The van der Waals surface area contributed by atoms with Crippen molar-refractivity contribution in [1.82, 2.24) is 0 Å². The summed E-state index contributed by atoms with van der Waals surface area (Å²) in [6.45, 7) is 0.632. The van der Waals surface area contributed by atoms with E-state index in [2.05, 4.69) is 5.32 Å². The van der Waals surface area contributed by atoms with Gasteiger partial charge in [0.05, 0.1) is 25.8 Å². The Morgan fingerprint density at radius 2 is 2.18 bits per heavy atom. The molecule has 0 saturated carbocycles. The zero-order valence-electron chi connectivity index (χ0n) is 9.82. The Bertz CT molecular complexity index is 444. The van der Waals surface area contributed by atoms with Gasteiger partial charge in [0.15, 0.2) is 0 Å². The van der Waals surface area contributed by atoms with Gasteiger partial charge >= 0.3 is 5.97 Å². The summed E-state index contributed by atoms with van der Waals surface area (Å²) in [5.74, 6) is -0.0980. The molecule has 0 amide bonds. The molecule has 0 bridgehead atoms. The molecule has 0 saturated heterocycles. The largest absolute Gasteiger partial charge is 0.497 e. The molecule has 1 heterocycles. The summed E-state index contributed by atoms with van der Waals surface area (Å²) < 4.78 is 10.4. The van der Waals surface area contributed by atoms with Crippen molar-refractivity contribution in [1.29, 1.82) is 0 Å². The molecule has 92 valence electrons. The lowest BCUT2D eigenvalue weighted by atomic mass is 9.90. The highest BCUT2D eigenvalue weighted by atomic mass is 16.5. The van der Waals surface area contributed by atoms with Gasteiger partial charge < -0.3 is 19.9 Å². The molecule has 1 aliphatic heterocycles. The number of carbonyl (C=O) groups is 1. The second-order valence-electron chi connectivity index (χ2n) is 3.90. The number of rotatable bonds is 3. The predicted octanol–water partition coefficient (Wildman–Crippen LogP) is 1.69. The SMILES string of the molecule is COc1cc(OC)c2c(c1)C(C(=O)O)CCN2. The minimum atomic E-state index is -0.817. The molecule has 5 heteroatoms. The lowest BCUT2D eigenvalue weighted by Gasteiger charge is -2.26. The molecule has 1 aromatic carbocycles. The maximum atomic E-state index is 11.2. The van der Waals surface area contributed by atoms with E-state index in [4.69, 9.17) is 9.47 Å². The molecule has 0 fully saturated rings. The molecule has 1 unspecified atom stereocenters. The van der Waals surface area contributed by atoms with Crippen LogP contribution in [0.5, 0.6) is 11.5 Å². The van der Waals surface area contributed by atoms with E-state index in [1.54, 1.807) is 26.4 Å². The minimum Gasteiger partial charge on any atom is -0.497 e. The number of aliphatic carboxylic acids is 1. The number of nitrogens with one attached hydrogen (secondary N) is 1. The van der Waals surface area contributed by atoms with E-state index >= 15 is 0 Å². The molecule has 0 aliphatic carbocycles. The van der Waals surface area contributed by atoms with Crippen molar-refractivity contribution >= 4 is 11.7 Å². The van der Waals surface area contributed by atoms with Crippen molar-refractivity contribution in [3.8, 4) is 11.5 Å². The molecular weight excluding hydrogens is 222 g/mol. The van der Waals surface area contributed by atoms with Gasteiger partial charge in [-0.1, -0.05) is 0 Å². The standard InChI is InChI=1S/C12H15NO4/c1-16-7-5-9-8(12(14)15)3-4-13-11(9)10(6-7)17-2/h5-6,8,13H,3-4H2,1-2H3,(H,14,15). The fourth-order valence-electron chi connectivity index (χ4n) is 2.11. The first-order valence-electron chi connectivity index (χ1n) is 5.40. The summed E-state index contributed by atoms with van der Waals surface area (Å²) in [4.78, 5) is 11.2. The predicted molar refractivity (Wildman–Crippen MR) is 63.0 cm³/mol. The molecule has 1 atom stereocenters. The minimum absolute atomic E-state index is 0.504. The van der Waals surface area contributed by atoms with Gasteiger partial charge in [-0.3, -0.25) is 4.79 Å². The van der Waals surface area contributed by atoms with Crippen LogP contribution in [0.1, 0.15) is 17.9 Å². The van der Waals surface area contributed by atoms with Crippen molar-refractivity contribution in [2.75, 3.05) is 26.1 Å². The zero-order valence-corrected chi connectivity index (χ0v) is 9.82. The van der Waals surface area contributed by atoms with Gasteiger partial charge in [-0.05, 0) is 18.1 Å². The molecule has 0 spiro atoms. The van der Waals surface area contributed by atoms with Crippen molar-refractivity contribution in [2.45, 2.75) is 12.3 Å². The summed E-state index contributed by atoms with van der Waals surface area (Å²) in [7, 11) is 3.11. The number of benzene rings is 1. The number of anilines is 1. The van der Waals surface area contributed by atoms with Crippen LogP contribution in [0.2, 0.25) is 0 Å². The van der Waals surface area contributed by atoms with Crippen molar-refractivity contribution in [3.05, 3.63) is 17.7 Å². The zero-order chi connectivity index (χ0) is 12.4. The Balaban J connectivity index is 2.55. The Morgan fingerprint density at radius 1 is 1.41 bits per heavy atom. The quantitative estimate of drug-likeness (QED) is 0.837. The van der Waals surface area contributed by atoms with Crippen LogP contribution >= 0.6 is 0 Å². The molecule has 0 radical (unpaired) electrons. The molecule has 1 aliphatic rings. The highest BCUT2D eigenvalue weighted by Gasteiger charge is 2.28. The number of carboxylic acids is 1. The lowest BCUT2D eigenvalue weighted by Crippen LogP contribution is -2.23. The number of ether oxygens (including phenoxy) is 2. The Hall–Kier alpha value is -1.91.